The maximum atomic E-state index is 13.4. The van der Waals surface area contributed by atoms with E-state index in [9.17, 15) is 14.0 Å². The third-order valence-electron chi connectivity index (χ3n) is 5.93. The summed E-state index contributed by atoms with van der Waals surface area (Å²) in [4.78, 5) is 33.6. The summed E-state index contributed by atoms with van der Waals surface area (Å²) < 4.78 is 19.0. The third-order valence-corrected chi connectivity index (χ3v) is 5.93. The van der Waals surface area contributed by atoms with Crippen molar-refractivity contribution in [2.45, 2.75) is 38.2 Å². The van der Waals surface area contributed by atoms with Gasteiger partial charge in [0.05, 0.1) is 5.56 Å². The molecular weight excluding hydrogens is 411 g/mol. The van der Waals surface area contributed by atoms with Gasteiger partial charge in [0.15, 0.2) is 0 Å². The van der Waals surface area contributed by atoms with Gasteiger partial charge in [-0.15, -0.1) is 0 Å². The van der Waals surface area contributed by atoms with Crippen LogP contribution in [0.25, 0.3) is 11.1 Å². The Morgan fingerprint density at radius 3 is 2.50 bits per heavy atom. The number of nitrogens with one attached hydrogen (secondary N) is 1. The van der Waals surface area contributed by atoms with Gasteiger partial charge in [0, 0.05) is 41.5 Å². The van der Waals surface area contributed by atoms with Crippen LogP contribution in [0.3, 0.4) is 0 Å². The number of anilines is 1. The quantitative estimate of drug-likeness (QED) is 0.482. The second-order valence-electron chi connectivity index (χ2n) is 8.02. The number of benzene rings is 1. The summed E-state index contributed by atoms with van der Waals surface area (Å²) in [5, 5.41) is 2.30. The molecule has 1 spiro atoms. The average molecular weight is 434 g/mol. The van der Waals surface area contributed by atoms with Gasteiger partial charge in [0.25, 0.3) is 0 Å². The number of aromatic nitrogens is 3. The zero-order valence-corrected chi connectivity index (χ0v) is 17.6. The van der Waals surface area contributed by atoms with Crippen molar-refractivity contribution in [1.29, 1.82) is 0 Å². The molecule has 3 aromatic rings. The summed E-state index contributed by atoms with van der Waals surface area (Å²) in [7, 11) is 0. The number of halogens is 1. The first-order chi connectivity index (χ1) is 15.5. The molecule has 1 N–H and O–H groups in total. The Hall–Kier alpha value is -3.68. The van der Waals surface area contributed by atoms with Gasteiger partial charge in [-0.2, -0.15) is 0 Å². The van der Waals surface area contributed by atoms with E-state index in [1.54, 1.807) is 30.6 Å². The molecule has 1 amide bonds. The SMILES string of the molecule is CC1CCC2(CC1)OC(=O)c1cnccc12.O=CNc1ncc(-c2ccccc2F)cn1. The number of hydrogen-bond acceptors (Lipinski definition) is 6. The molecule has 0 atom stereocenters. The fourth-order valence-corrected chi connectivity index (χ4v) is 4.13. The minimum Gasteiger partial charge on any atom is -0.451 e. The van der Waals surface area contributed by atoms with E-state index < -0.39 is 0 Å². The van der Waals surface area contributed by atoms with Crippen molar-refractivity contribution >= 4 is 18.3 Å². The molecule has 8 heteroatoms. The van der Waals surface area contributed by atoms with Crippen molar-refractivity contribution in [1.82, 2.24) is 15.0 Å². The average Bonchev–Trinajstić information content (AvgIpc) is 3.09. The molecule has 3 heterocycles. The second-order valence-corrected chi connectivity index (χ2v) is 8.02. The molecule has 164 valence electrons. The molecular formula is C24H23FN4O3. The Bertz CT molecular complexity index is 1110. The van der Waals surface area contributed by atoms with Crippen molar-refractivity contribution in [3.05, 3.63) is 72.1 Å². The molecule has 5 rings (SSSR count). The van der Waals surface area contributed by atoms with Crippen molar-refractivity contribution in [3.63, 3.8) is 0 Å². The molecule has 2 aromatic heterocycles. The van der Waals surface area contributed by atoms with Crippen LogP contribution >= 0.6 is 0 Å². The number of nitrogens with zero attached hydrogens (tertiary/aromatic N) is 3. The van der Waals surface area contributed by atoms with Gasteiger partial charge in [-0.3, -0.25) is 15.1 Å². The van der Waals surface area contributed by atoms with Crippen LogP contribution in [0.2, 0.25) is 0 Å². The van der Waals surface area contributed by atoms with Crippen molar-refractivity contribution in [2.75, 3.05) is 5.32 Å². The zero-order chi connectivity index (χ0) is 22.6. The number of pyridine rings is 1. The molecule has 1 aromatic carbocycles. The number of ether oxygens (including phenoxy) is 1. The van der Waals surface area contributed by atoms with E-state index in [0.717, 1.165) is 37.2 Å². The molecule has 1 aliphatic heterocycles. The lowest BCUT2D eigenvalue weighted by Crippen LogP contribution is -2.31. The van der Waals surface area contributed by atoms with Crippen LogP contribution in [0, 0.1) is 11.7 Å². The maximum Gasteiger partial charge on any atom is 0.341 e. The van der Waals surface area contributed by atoms with Crippen LogP contribution < -0.4 is 5.32 Å². The summed E-state index contributed by atoms with van der Waals surface area (Å²) in [6.07, 6.45) is 11.0. The van der Waals surface area contributed by atoms with Gasteiger partial charge in [-0.1, -0.05) is 25.1 Å². The largest absolute Gasteiger partial charge is 0.451 e. The zero-order valence-electron chi connectivity index (χ0n) is 17.6. The number of fused-ring (bicyclic) bond motifs is 2. The number of esters is 1. The van der Waals surface area contributed by atoms with Crippen LogP contribution in [0.1, 0.15) is 48.5 Å². The predicted molar refractivity (Wildman–Crippen MR) is 116 cm³/mol. The standard InChI is InChI=1S/C13H15NO2.C11H8FN3O/c1-9-2-5-13(6-3-9)11-4-7-14-8-10(11)12(15)16-13;12-10-4-2-1-3-9(10)8-5-13-11(14-6-8)15-7-16/h4,7-9H,2-3,5-6H2,1H3;1-7H,(H,13,14,15,16). The number of carbonyl (C=O) groups excluding carboxylic acids is 2. The Balaban J connectivity index is 0.000000153. The minimum absolute atomic E-state index is 0.190. The lowest BCUT2D eigenvalue weighted by molar-refractivity contribution is -0.105. The van der Waals surface area contributed by atoms with E-state index in [1.165, 1.54) is 18.5 Å². The molecule has 32 heavy (non-hydrogen) atoms. The van der Waals surface area contributed by atoms with Gasteiger partial charge in [0.2, 0.25) is 12.4 Å². The fourth-order valence-electron chi connectivity index (χ4n) is 4.13. The van der Waals surface area contributed by atoms with Gasteiger partial charge in [-0.05, 0) is 43.7 Å². The van der Waals surface area contributed by atoms with Gasteiger partial charge >= 0.3 is 5.97 Å². The smallest absolute Gasteiger partial charge is 0.341 e. The monoisotopic (exact) mass is 434 g/mol. The number of hydrogen-bond donors (Lipinski definition) is 1. The summed E-state index contributed by atoms with van der Waals surface area (Å²) in [5.41, 5.74) is 2.38. The van der Waals surface area contributed by atoms with Crippen LogP contribution in [0.5, 0.6) is 0 Å². The van der Waals surface area contributed by atoms with Crippen LogP contribution in [-0.2, 0) is 15.1 Å². The molecule has 1 aliphatic carbocycles. The summed E-state index contributed by atoms with van der Waals surface area (Å²) in [5.74, 6) is 0.408. The molecule has 1 saturated carbocycles. The molecule has 0 unspecified atom stereocenters. The lowest BCUT2D eigenvalue weighted by Gasteiger charge is -2.35. The van der Waals surface area contributed by atoms with E-state index in [1.807, 2.05) is 6.07 Å². The first kappa shape index (κ1) is 21.5. The topological polar surface area (TPSA) is 94.1 Å². The van der Waals surface area contributed by atoms with Crippen LogP contribution in [0.4, 0.5) is 10.3 Å². The Morgan fingerprint density at radius 2 is 1.81 bits per heavy atom. The second kappa shape index (κ2) is 9.21. The summed E-state index contributed by atoms with van der Waals surface area (Å²) in [6, 6.07) is 8.29. The van der Waals surface area contributed by atoms with Crippen LogP contribution in [0.15, 0.2) is 55.1 Å². The van der Waals surface area contributed by atoms with Gasteiger partial charge < -0.3 is 4.74 Å². The molecule has 0 saturated heterocycles. The van der Waals surface area contributed by atoms with E-state index in [0.29, 0.717) is 23.1 Å². The first-order valence-corrected chi connectivity index (χ1v) is 10.5. The molecule has 1 fully saturated rings. The third kappa shape index (κ3) is 4.34. The van der Waals surface area contributed by atoms with Crippen molar-refractivity contribution in [3.8, 4) is 11.1 Å². The molecule has 0 bridgehead atoms. The van der Waals surface area contributed by atoms with Gasteiger partial charge in [-0.25, -0.2) is 19.2 Å². The highest BCUT2D eigenvalue weighted by molar-refractivity contribution is 5.94. The number of amides is 1. The van der Waals surface area contributed by atoms with Crippen molar-refractivity contribution < 1.29 is 18.7 Å². The molecule has 7 nitrogen and oxygen atoms in total. The summed E-state index contributed by atoms with van der Waals surface area (Å²) in [6.45, 7) is 2.26. The Labute approximate surface area is 185 Å². The highest BCUT2D eigenvalue weighted by atomic mass is 19.1. The summed E-state index contributed by atoms with van der Waals surface area (Å²) >= 11 is 0. The molecule has 0 radical (unpaired) electrons. The highest BCUT2D eigenvalue weighted by Gasteiger charge is 2.46. The highest BCUT2D eigenvalue weighted by Crippen LogP contribution is 2.47. The first-order valence-electron chi connectivity index (χ1n) is 10.5. The fraction of sp³-hybridized carbons (Fsp3) is 0.292. The van der Waals surface area contributed by atoms with E-state index in [2.05, 4.69) is 27.2 Å². The maximum absolute atomic E-state index is 13.4. The molecule has 2 aliphatic rings. The minimum atomic E-state index is -0.331. The normalized spacial score (nSPS) is 21.2. The Morgan fingerprint density at radius 1 is 1.09 bits per heavy atom. The lowest BCUT2D eigenvalue weighted by atomic mass is 9.76. The van der Waals surface area contributed by atoms with E-state index in [-0.39, 0.29) is 23.3 Å². The number of carbonyl (C=O) groups is 2. The predicted octanol–water partition coefficient (Wildman–Crippen LogP) is 4.51. The van der Waals surface area contributed by atoms with Crippen LogP contribution in [-0.4, -0.2) is 27.3 Å². The Kier molecular flexibility index (Phi) is 6.20. The van der Waals surface area contributed by atoms with E-state index in [4.69, 9.17) is 4.74 Å². The van der Waals surface area contributed by atoms with Gasteiger partial charge in [0.1, 0.15) is 11.4 Å². The number of rotatable bonds is 3. The van der Waals surface area contributed by atoms with E-state index >= 15 is 0 Å². The van der Waals surface area contributed by atoms with Crippen molar-refractivity contribution in [2.24, 2.45) is 5.92 Å².